The van der Waals surface area contributed by atoms with Gasteiger partial charge in [0.2, 0.25) is 5.91 Å². The third kappa shape index (κ3) is 3.46. The Balaban J connectivity index is 2.38. The van der Waals surface area contributed by atoms with Crippen LogP contribution >= 0.6 is 0 Å². The van der Waals surface area contributed by atoms with E-state index in [2.05, 4.69) is 11.8 Å². The number of likely N-dealkylation sites (tertiary alicyclic amines) is 1. The third-order valence-corrected chi connectivity index (χ3v) is 3.38. The van der Waals surface area contributed by atoms with Gasteiger partial charge in [-0.05, 0) is 32.7 Å². The molecule has 1 aliphatic rings. The minimum atomic E-state index is -0.376. The maximum absolute atomic E-state index is 11.7. The largest absolute Gasteiger partial charge is 0.341 e. The average Bonchev–Trinajstić information content (AvgIpc) is 2.28. The molecular formula is C12H25N3O. The van der Waals surface area contributed by atoms with Crippen molar-refractivity contribution in [3.8, 4) is 0 Å². The maximum atomic E-state index is 11.7. The highest BCUT2D eigenvalue weighted by Crippen LogP contribution is 2.16. The van der Waals surface area contributed by atoms with Crippen molar-refractivity contribution >= 4 is 5.91 Å². The summed E-state index contributed by atoms with van der Waals surface area (Å²) in [7, 11) is 1.88. The second kappa shape index (κ2) is 6.21. The van der Waals surface area contributed by atoms with Crippen LogP contribution in [0.4, 0.5) is 0 Å². The predicted octanol–water partition coefficient (Wildman–Crippen LogP) is 0.666. The van der Waals surface area contributed by atoms with Crippen LogP contribution in [-0.2, 0) is 4.79 Å². The molecule has 0 bridgehead atoms. The van der Waals surface area contributed by atoms with Crippen LogP contribution in [0.3, 0.4) is 0 Å². The van der Waals surface area contributed by atoms with E-state index in [1.54, 1.807) is 6.92 Å². The van der Waals surface area contributed by atoms with Crippen molar-refractivity contribution < 1.29 is 4.79 Å². The van der Waals surface area contributed by atoms with Crippen molar-refractivity contribution in [3.63, 3.8) is 0 Å². The first kappa shape index (κ1) is 13.5. The van der Waals surface area contributed by atoms with Gasteiger partial charge in [-0.1, -0.05) is 6.92 Å². The first-order chi connectivity index (χ1) is 7.56. The molecule has 0 saturated carbocycles. The smallest absolute Gasteiger partial charge is 0.239 e. The summed E-state index contributed by atoms with van der Waals surface area (Å²) in [5.41, 5.74) is 5.62. The molecule has 1 atom stereocenters. The molecule has 1 rings (SSSR count). The summed E-state index contributed by atoms with van der Waals surface area (Å²) in [6.45, 7) is 7.35. The van der Waals surface area contributed by atoms with Gasteiger partial charge in [-0.15, -0.1) is 0 Å². The van der Waals surface area contributed by atoms with Gasteiger partial charge in [0.05, 0.1) is 6.04 Å². The van der Waals surface area contributed by atoms with Crippen molar-refractivity contribution in [1.29, 1.82) is 0 Å². The van der Waals surface area contributed by atoms with Crippen LogP contribution in [0.25, 0.3) is 0 Å². The molecule has 1 fully saturated rings. The van der Waals surface area contributed by atoms with E-state index in [0.717, 1.165) is 25.9 Å². The number of nitrogens with two attached hydrogens (primary N) is 1. The monoisotopic (exact) mass is 227 g/mol. The van der Waals surface area contributed by atoms with Gasteiger partial charge in [-0.3, -0.25) is 4.79 Å². The lowest BCUT2D eigenvalue weighted by molar-refractivity contribution is -0.133. The van der Waals surface area contributed by atoms with Crippen LogP contribution in [0, 0.1) is 0 Å². The van der Waals surface area contributed by atoms with Gasteiger partial charge >= 0.3 is 0 Å². The van der Waals surface area contributed by atoms with E-state index < -0.39 is 0 Å². The van der Waals surface area contributed by atoms with E-state index in [1.165, 1.54) is 13.0 Å². The third-order valence-electron chi connectivity index (χ3n) is 3.38. The van der Waals surface area contributed by atoms with Crippen LogP contribution < -0.4 is 5.73 Å². The van der Waals surface area contributed by atoms with Crippen molar-refractivity contribution in [3.05, 3.63) is 0 Å². The van der Waals surface area contributed by atoms with Crippen LogP contribution in [0.5, 0.6) is 0 Å². The molecule has 0 radical (unpaired) electrons. The number of piperidine rings is 1. The second-order valence-electron chi connectivity index (χ2n) is 4.81. The molecule has 1 saturated heterocycles. The molecule has 1 amide bonds. The highest BCUT2D eigenvalue weighted by Gasteiger charge is 2.26. The SMILES string of the molecule is CCCN1CCC(N(C)C(=O)[C@H](C)N)CC1. The number of rotatable bonds is 4. The summed E-state index contributed by atoms with van der Waals surface area (Å²) in [6, 6.07) is 0.00489. The fourth-order valence-electron chi connectivity index (χ4n) is 2.35. The molecule has 0 unspecified atom stereocenters. The van der Waals surface area contributed by atoms with Crippen LogP contribution in [0.1, 0.15) is 33.1 Å². The lowest BCUT2D eigenvalue weighted by Gasteiger charge is -2.37. The van der Waals surface area contributed by atoms with Crippen molar-refractivity contribution in [2.45, 2.75) is 45.2 Å². The zero-order chi connectivity index (χ0) is 12.1. The summed E-state index contributed by atoms with van der Waals surface area (Å²) >= 11 is 0. The Hall–Kier alpha value is -0.610. The van der Waals surface area contributed by atoms with Gasteiger partial charge in [-0.25, -0.2) is 0 Å². The molecule has 0 aliphatic carbocycles. The minimum absolute atomic E-state index is 0.0638. The van der Waals surface area contributed by atoms with Crippen molar-refractivity contribution in [2.75, 3.05) is 26.7 Å². The Bertz CT molecular complexity index is 222. The zero-order valence-electron chi connectivity index (χ0n) is 10.8. The highest BCUT2D eigenvalue weighted by molar-refractivity contribution is 5.81. The number of carbonyl (C=O) groups excluding carboxylic acids is 1. The number of carbonyl (C=O) groups is 1. The van der Waals surface area contributed by atoms with Crippen LogP contribution in [0.15, 0.2) is 0 Å². The Labute approximate surface area is 98.8 Å². The molecule has 4 nitrogen and oxygen atoms in total. The maximum Gasteiger partial charge on any atom is 0.239 e. The van der Waals surface area contributed by atoms with E-state index >= 15 is 0 Å². The quantitative estimate of drug-likeness (QED) is 0.768. The molecule has 0 spiro atoms. The van der Waals surface area contributed by atoms with Gasteiger partial charge in [0.25, 0.3) is 0 Å². The van der Waals surface area contributed by atoms with Crippen LogP contribution in [0.2, 0.25) is 0 Å². The van der Waals surface area contributed by atoms with Crippen molar-refractivity contribution in [2.24, 2.45) is 5.73 Å². The van der Waals surface area contributed by atoms with Gasteiger partial charge in [0.15, 0.2) is 0 Å². The molecule has 0 aromatic carbocycles. The number of hydrogen-bond acceptors (Lipinski definition) is 3. The lowest BCUT2D eigenvalue weighted by Crippen LogP contribution is -2.49. The molecule has 0 aromatic heterocycles. The summed E-state index contributed by atoms with van der Waals surface area (Å²) in [4.78, 5) is 16.1. The fraction of sp³-hybridized carbons (Fsp3) is 0.917. The molecule has 1 heterocycles. The summed E-state index contributed by atoms with van der Waals surface area (Å²) in [6.07, 6.45) is 3.36. The molecule has 1 aliphatic heterocycles. The fourth-order valence-corrected chi connectivity index (χ4v) is 2.35. The number of nitrogens with zero attached hydrogens (tertiary/aromatic N) is 2. The molecule has 4 heteroatoms. The van der Waals surface area contributed by atoms with E-state index in [1.807, 2.05) is 11.9 Å². The van der Waals surface area contributed by atoms with Gasteiger partial charge in [0, 0.05) is 26.2 Å². The Kier molecular flexibility index (Phi) is 5.22. The summed E-state index contributed by atoms with van der Waals surface area (Å²) in [5.74, 6) is 0.0638. The minimum Gasteiger partial charge on any atom is -0.341 e. The van der Waals surface area contributed by atoms with Crippen molar-refractivity contribution in [1.82, 2.24) is 9.80 Å². The lowest BCUT2D eigenvalue weighted by atomic mass is 10.0. The van der Waals surface area contributed by atoms with E-state index in [4.69, 9.17) is 5.73 Å². The van der Waals surface area contributed by atoms with Gasteiger partial charge in [0.1, 0.15) is 0 Å². The number of likely N-dealkylation sites (N-methyl/N-ethyl adjacent to an activating group) is 1. The molecule has 16 heavy (non-hydrogen) atoms. The second-order valence-corrected chi connectivity index (χ2v) is 4.81. The first-order valence-corrected chi connectivity index (χ1v) is 6.30. The number of amides is 1. The van der Waals surface area contributed by atoms with Crippen LogP contribution in [-0.4, -0.2) is 54.5 Å². The van der Waals surface area contributed by atoms with E-state index in [0.29, 0.717) is 6.04 Å². The van der Waals surface area contributed by atoms with E-state index in [9.17, 15) is 4.79 Å². The van der Waals surface area contributed by atoms with Gasteiger partial charge < -0.3 is 15.5 Å². The summed E-state index contributed by atoms with van der Waals surface area (Å²) < 4.78 is 0. The average molecular weight is 227 g/mol. The zero-order valence-corrected chi connectivity index (χ0v) is 10.8. The number of hydrogen-bond donors (Lipinski definition) is 1. The Morgan fingerprint density at radius 3 is 2.50 bits per heavy atom. The van der Waals surface area contributed by atoms with Gasteiger partial charge in [-0.2, -0.15) is 0 Å². The first-order valence-electron chi connectivity index (χ1n) is 6.30. The Morgan fingerprint density at radius 1 is 1.50 bits per heavy atom. The molecule has 2 N–H and O–H groups in total. The van der Waals surface area contributed by atoms with E-state index in [-0.39, 0.29) is 11.9 Å². The standard InChI is InChI=1S/C12H25N3O/c1-4-7-15-8-5-11(6-9-15)14(3)12(16)10(2)13/h10-11H,4-9,13H2,1-3H3/t10-/m0/s1. The molecule has 94 valence electrons. The molecular weight excluding hydrogens is 202 g/mol. The summed E-state index contributed by atoms with van der Waals surface area (Å²) in [5, 5.41) is 0. The molecule has 0 aromatic rings. The highest BCUT2D eigenvalue weighted by atomic mass is 16.2. The topological polar surface area (TPSA) is 49.6 Å². The predicted molar refractivity (Wildman–Crippen MR) is 66.2 cm³/mol. The normalized spacial score (nSPS) is 20.8. The Morgan fingerprint density at radius 2 is 2.06 bits per heavy atom.